The number of hydrogen-bond donors (Lipinski definition) is 1. The molecule has 3 heteroatoms. The van der Waals surface area contributed by atoms with E-state index in [9.17, 15) is 4.79 Å². The van der Waals surface area contributed by atoms with Gasteiger partial charge in [0.1, 0.15) is 6.04 Å². The van der Waals surface area contributed by atoms with Gasteiger partial charge in [-0.25, -0.2) is 0 Å². The lowest BCUT2D eigenvalue weighted by Crippen LogP contribution is -2.32. The van der Waals surface area contributed by atoms with Crippen LogP contribution in [0.5, 0.6) is 0 Å². The van der Waals surface area contributed by atoms with Crippen LogP contribution in [0, 0.1) is 6.04 Å². The predicted octanol–water partition coefficient (Wildman–Crippen LogP) is 3.97. The van der Waals surface area contributed by atoms with Crippen LogP contribution in [-0.4, -0.2) is 30.3 Å². The second-order valence-electron chi connectivity index (χ2n) is 4.94. The third kappa shape index (κ3) is 4.64. The molecule has 1 aromatic carbocycles. The van der Waals surface area contributed by atoms with E-state index >= 15 is 0 Å². The van der Waals surface area contributed by atoms with Crippen LogP contribution in [0.3, 0.4) is 0 Å². The zero-order valence-corrected chi connectivity index (χ0v) is 13.2. The van der Waals surface area contributed by atoms with Crippen molar-refractivity contribution in [3.05, 3.63) is 35.9 Å². The second-order valence-corrected chi connectivity index (χ2v) is 4.94. The first kappa shape index (κ1) is 16.7. The summed E-state index contributed by atoms with van der Waals surface area (Å²) in [6.07, 6.45) is 2.34. The fraction of sp³-hybridized carbons (Fsp3) is 0.529. The topological polar surface area (TPSA) is 32.3 Å². The smallest absolute Gasteiger partial charge is 0.185 e. The standard InChI is InChI=1S/C17H27N2O/c1-5-8-13-18-16-11-9-15(10-12-16)17(20)14(4)19(6-2)7-3/h9-12,18H,5-8,13H2,1-4H3. The Morgan fingerprint density at radius 2 is 1.70 bits per heavy atom. The van der Waals surface area contributed by atoms with Gasteiger partial charge in [-0.1, -0.05) is 27.2 Å². The Labute approximate surface area is 123 Å². The molecule has 0 bridgehead atoms. The number of unbranched alkanes of at least 4 members (excludes halogenated alkanes) is 1. The highest BCUT2D eigenvalue weighted by Crippen LogP contribution is 2.17. The number of likely N-dealkylation sites (N-methyl/N-ethyl adjacent to an activating group) is 1. The monoisotopic (exact) mass is 275 g/mol. The lowest BCUT2D eigenvalue weighted by Gasteiger charge is -2.24. The number of nitrogens with one attached hydrogen (secondary N) is 1. The van der Waals surface area contributed by atoms with Gasteiger partial charge in [-0.3, -0.25) is 9.69 Å². The molecule has 20 heavy (non-hydrogen) atoms. The molecule has 1 radical (unpaired) electrons. The summed E-state index contributed by atoms with van der Waals surface area (Å²) < 4.78 is 0. The molecular formula is C17H27N2O. The highest BCUT2D eigenvalue weighted by molar-refractivity contribution is 6.05. The lowest BCUT2D eigenvalue weighted by molar-refractivity contribution is 0.0946. The Bertz CT molecular complexity index is 396. The van der Waals surface area contributed by atoms with E-state index in [2.05, 4.69) is 31.0 Å². The summed E-state index contributed by atoms with van der Waals surface area (Å²) >= 11 is 0. The minimum Gasteiger partial charge on any atom is -0.385 e. The largest absolute Gasteiger partial charge is 0.385 e. The number of carbonyl (C=O) groups is 1. The third-order valence-electron chi connectivity index (χ3n) is 3.57. The fourth-order valence-corrected chi connectivity index (χ4v) is 2.20. The van der Waals surface area contributed by atoms with Crippen LogP contribution < -0.4 is 5.32 Å². The van der Waals surface area contributed by atoms with Crippen LogP contribution >= 0.6 is 0 Å². The van der Waals surface area contributed by atoms with E-state index in [0.717, 1.165) is 43.3 Å². The molecule has 1 rings (SSSR count). The van der Waals surface area contributed by atoms with Crippen LogP contribution in [-0.2, 0) is 0 Å². The molecule has 0 unspecified atom stereocenters. The van der Waals surface area contributed by atoms with Crippen LogP contribution in [0.2, 0.25) is 0 Å². The number of anilines is 1. The molecule has 0 aliphatic rings. The van der Waals surface area contributed by atoms with Crippen molar-refractivity contribution in [2.45, 2.75) is 40.5 Å². The maximum atomic E-state index is 12.4. The Hall–Kier alpha value is -1.35. The van der Waals surface area contributed by atoms with Crippen molar-refractivity contribution in [1.29, 1.82) is 0 Å². The molecule has 0 saturated carbocycles. The number of ketones is 1. The molecule has 0 heterocycles. The Kier molecular flexibility index (Phi) is 7.31. The van der Waals surface area contributed by atoms with Gasteiger partial charge >= 0.3 is 0 Å². The number of hydrogen-bond acceptors (Lipinski definition) is 3. The van der Waals surface area contributed by atoms with E-state index in [1.54, 1.807) is 0 Å². The van der Waals surface area contributed by atoms with Crippen molar-refractivity contribution < 1.29 is 4.79 Å². The van der Waals surface area contributed by atoms with Gasteiger partial charge in [0.05, 0.1) is 0 Å². The lowest BCUT2D eigenvalue weighted by atomic mass is 10.0. The van der Waals surface area contributed by atoms with Crippen molar-refractivity contribution in [2.75, 3.05) is 25.0 Å². The number of nitrogens with zero attached hydrogens (tertiary/aromatic N) is 1. The molecule has 111 valence electrons. The Morgan fingerprint density at radius 1 is 1.10 bits per heavy atom. The van der Waals surface area contributed by atoms with Crippen molar-refractivity contribution in [3.63, 3.8) is 0 Å². The van der Waals surface area contributed by atoms with Crippen LogP contribution in [0.4, 0.5) is 5.69 Å². The van der Waals surface area contributed by atoms with Crippen molar-refractivity contribution in [2.24, 2.45) is 0 Å². The minimum absolute atomic E-state index is 0.119. The molecule has 1 N–H and O–H groups in total. The van der Waals surface area contributed by atoms with E-state index < -0.39 is 0 Å². The SMILES string of the molecule is CCCCNc1ccc(C(=O)[C](C)N(CC)CC)cc1. The van der Waals surface area contributed by atoms with E-state index in [1.165, 1.54) is 6.42 Å². The number of benzene rings is 1. The summed E-state index contributed by atoms with van der Waals surface area (Å²) in [5.74, 6) is 0.119. The minimum atomic E-state index is 0.119. The molecule has 0 aromatic heterocycles. The molecule has 0 spiro atoms. The molecule has 3 nitrogen and oxygen atoms in total. The van der Waals surface area contributed by atoms with E-state index in [-0.39, 0.29) is 5.78 Å². The average Bonchev–Trinajstić information content (AvgIpc) is 2.48. The van der Waals surface area contributed by atoms with Crippen LogP contribution in [0.1, 0.15) is 50.9 Å². The summed E-state index contributed by atoms with van der Waals surface area (Å²) in [6.45, 7) is 10.9. The van der Waals surface area contributed by atoms with Gasteiger partial charge in [0.15, 0.2) is 5.78 Å². The number of rotatable bonds is 9. The molecule has 0 atom stereocenters. The van der Waals surface area contributed by atoms with Gasteiger partial charge in [-0.2, -0.15) is 0 Å². The van der Waals surface area contributed by atoms with E-state index in [1.807, 2.05) is 31.2 Å². The molecule has 0 aliphatic carbocycles. The molecule has 1 aromatic rings. The third-order valence-corrected chi connectivity index (χ3v) is 3.57. The molecular weight excluding hydrogens is 248 g/mol. The first-order valence-electron chi connectivity index (χ1n) is 7.61. The van der Waals surface area contributed by atoms with Crippen molar-refractivity contribution in [1.82, 2.24) is 4.90 Å². The molecule has 0 amide bonds. The predicted molar refractivity (Wildman–Crippen MR) is 86.0 cm³/mol. The van der Waals surface area contributed by atoms with Gasteiger partial charge < -0.3 is 5.32 Å². The molecule has 0 fully saturated rings. The fourth-order valence-electron chi connectivity index (χ4n) is 2.20. The summed E-state index contributed by atoms with van der Waals surface area (Å²) in [6, 6.07) is 8.60. The zero-order chi connectivity index (χ0) is 15.0. The number of carbonyl (C=O) groups excluding carboxylic acids is 1. The highest BCUT2D eigenvalue weighted by Gasteiger charge is 2.21. The van der Waals surface area contributed by atoms with Crippen LogP contribution in [0.25, 0.3) is 0 Å². The van der Waals surface area contributed by atoms with Crippen LogP contribution in [0.15, 0.2) is 24.3 Å². The van der Waals surface area contributed by atoms with Gasteiger partial charge in [0, 0.05) is 17.8 Å². The number of Topliss-reactive ketones (excluding diaryl/α,β-unsaturated/α-hetero) is 1. The maximum absolute atomic E-state index is 12.4. The second kappa shape index (κ2) is 8.75. The maximum Gasteiger partial charge on any atom is 0.185 e. The highest BCUT2D eigenvalue weighted by atomic mass is 16.1. The molecule has 0 saturated heterocycles. The van der Waals surface area contributed by atoms with Crippen molar-refractivity contribution >= 4 is 11.5 Å². The first-order valence-corrected chi connectivity index (χ1v) is 7.61. The van der Waals surface area contributed by atoms with E-state index in [4.69, 9.17) is 0 Å². The Morgan fingerprint density at radius 3 is 2.20 bits per heavy atom. The summed E-state index contributed by atoms with van der Waals surface area (Å²) in [5.41, 5.74) is 1.84. The quantitative estimate of drug-likeness (QED) is 0.546. The first-order chi connectivity index (χ1) is 9.63. The van der Waals surface area contributed by atoms with Gasteiger partial charge in [-0.15, -0.1) is 0 Å². The normalized spacial score (nSPS) is 11.1. The summed E-state index contributed by atoms with van der Waals surface area (Å²) in [7, 11) is 0. The van der Waals surface area contributed by atoms with Gasteiger partial charge in [0.25, 0.3) is 0 Å². The zero-order valence-electron chi connectivity index (χ0n) is 13.2. The Balaban J connectivity index is 2.65. The summed E-state index contributed by atoms with van der Waals surface area (Å²) in [4.78, 5) is 14.5. The van der Waals surface area contributed by atoms with E-state index in [0.29, 0.717) is 0 Å². The molecule has 0 aliphatic heterocycles. The van der Waals surface area contributed by atoms with Crippen molar-refractivity contribution in [3.8, 4) is 0 Å². The van der Waals surface area contributed by atoms with Gasteiger partial charge in [-0.05, 0) is 50.7 Å². The van der Waals surface area contributed by atoms with Gasteiger partial charge in [0.2, 0.25) is 0 Å². The average molecular weight is 275 g/mol. The summed E-state index contributed by atoms with van der Waals surface area (Å²) in [5, 5.41) is 3.36.